The molecule has 1 fully saturated rings. The topological polar surface area (TPSA) is 87.6 Å². The van der Waals surface area contributed by atoms with Crippen LogP contribution in [-0.2, 0) is 22.0 Å². The molecule has 2 heterocycles. The molecule has 1 aliphatic rings. The summed E-state index contributed by atoms with van der Waals surface area (Å²) in [5.74, 6) is -0.238. The van der Waals surface area contributed by atoms with E-state index in [1.165, 1.54) is 5.56 Å². The molecule has 1 amide bonds. The molecule has 0 bridgehead atoms. The summed E-state index contributed by atoms with van der Waals surface area (Å²) in [7, 11) is -3.62. The molecule has 0 atom stereocenters. The first-order chi connectivity index (χ1) is 17.9. The number of benzene rings is 3. The molecular weight excluding hydrogens is 484 g/mol. The number of hydrogen-bond donors (Lipinski definition) is 1. The summed E-state index contributed by atoms with van der Waals surface area (Å²) >= 11 is 0. The third-order valence-electron chi connectivity index (χ3n) is 7.36. The fraction of sp³-hybridized carbons (Fsp3) is 0.267. The molecule has 1 aliphatic heterocycles. The van der Waals surface area contributed by atoms with Gasteiger partial charge in [-0.2, -0.15) is 0 Å². The molecular formula is C30H30N2O4S. The van der Waals surface area contributed by atoms with Crippen LogP contribution in [0.5, 0.6) is 0 Å². The van der Waals surface area contributed by atoms with Crippen LogP contribution in [0.25, 0.3) is 10.9 Å². The minimum absolute atomic E-state index is 0.0705. The smallest absolute Gasteiger partial charge is 0.253 e. The molecule has 1 N–H and O–H groups in total. The first kappa shape index (κ1) is 25.1. The molecule has 1 aromatic heterocycles. The molecule has 5 rings (SSSR count). The van der Waals surface area contributed by atoms with Crippen molar-refractivity contribution in [3.63, 3.8) is 0 Å². The van der Waals surface area contributed by atoms with Crippen LogP contribution < -0.4 is 0 Å². The second-order valence-electron chi connectivity index (χ2n) is 9.90. The largest absolute Gasteiger partial charge is 0.396 e. The average molecular weight is 515 g/mol. The van der Waals surface area contributed by atoms with Crippen molar-refractivity contribution in [3.05, 3.63) is 108 Å². The van der Waals surface area contributed by atoms with Crippen LogP contribution in [0.1, 0.15) is 34.3 Å². The third kappa shape index (κ3) is 5.43. The molecule has 0 unspecified atom stereocenters. The van der Waals surface area contributed by atoms with E-state index in [4.69, 9.17) is 0 Å². The number of para-hydroxylation sites is 1. The van der Waals surface area contributed by atoms with Gasteiger partial charge in [-0.3, -0.25) is 9.78 Å². The Balaban J connectivity index is 1.25. The van der Waals surface area contributed by atoms with Gasteiger partial charge >= 0.3 is 0 Å². The van der Waals surface area contributed by atoms with Crippen molar-refractivity contribution in [2.24, 2.45) is 5.41 Å². The van der Waals surface area contributed by atoms with Gasteiger partial charge in [0.1, 0.15) is 0 Å². The van der Waals surface area contributed by atoms with Gasteiger partial charge < -0.3 is 10.0 Å². The Bertz CT molecular complexity index is 1490. The maximum atomic E-state index is 13.2. The quantitative estimate of drug-likeness (QED) is 0.387. The molecule has 0 spiro atoms. The number of rotatable bonds is 7. The molecule has 3 aromatic carbocycles. The Morgan fingerprint density at radius 1 is 0.865 bits per heavy atom. The van der Waals surface area contributed by atoms with Gasteiger partial charge in [-0.15, -0.1) is 0 Å². The van der Waals surface area contributed by atoms with Crippen LogP contribution in [-0.4, -0.2) is 49.0 Å². The van der Waals surface area contributed by atoms with Crippen molar-refractivity contribution in [1.82, 2.24) is 9.88 Å². The number of carbonyl (C=O) groups is 1. The van der Waals surface area contributed by atoms with Crippen LogP contribution in [0.2, 0.25) is 0 Å². The van der Waals surface area contributed by atoms with Gasteiger partial charge in [-0.05, 0) is 54.7 Å². The van der Waals surface area contributed by atoms with Gasteiger partial charge in [0, 0.05) is 42.3 Å². The lowest BCUT2D eigenvalue weighted by atomic mass is 9.74. The van der Waals surface area contributed by atoms with Crippen LogP contribution >= 0.6 is 0 Å². The summed E-state index contributed by atoms with van der Waals surface area (Å²) < 4.78 is 26.3. The molecule has 0 radical (unpaired) electrons. The van der Waals surface area contributed by atoms with Gasteiger partial charge in [-0.25, -0.2) is 8.42 Å². The van der Waals surface area contributed by atoms with E-state index < -0.39 is 9.84 Å². The van der Waals surface area contributed by atoms with Crippen molar-refractivity contribution >= 4 is 26.6 Å². The molecule has 6 nitrogen and oxygen atoms in total. The number of likely N-dealkylation sites (tertiary alicyclic amines) is 1. The number of aliphatic hydroxyl groups excluding tert-OH is 1. The SMILES string of the molecule is O=C(c1ccc(CS(=O)(=O)c2cccc3cccnc23)cc1)N1CCC(CO)(Cc2ccccc2)CC1. The Morgan fingerprint density at radius 2 is 1.57 bits per heavy atom. The highest BCUT2D eigenvalue weighted by Gasteiger charge is 2.35. The lowest BCUT2D eigenvalue weighted by molar-refractivity contribution is 0.0358. The zero-order valence-electron chi connectivity index (χ0n) is 20.6. The monoisotopic (exact) mass is 514 g/mol. The Kier molecular flexibility index (Phi) is 7.09. The summed E-state index contributed by atoms with van der Waals surface area (Å²) in [4.78, 5) is 19.5. The fourth-order valence-electron chi connectivity index (χ4n) is 5.15. The molecule has 190 valence electrons. The van der Waals surface area contributed by atoms with E-state index in [9.17, 15) is 18.3 Å². The number of pyridine rings is 1. The van der Waals surface area contributed by atoms with Crippen molar-refractivity contribution < 1.29 is 18.3 Å². The van der Waals surface area contributed by atoms with Crippen molar-refractivity contribution in [2.45, 2.75) is 29.9 Å². The van der Waals surface area contributed by atoms with E-state index in [0.29, 0.717) is 29.7 Å². The number of hydrogen-bond acceptors (Lipinski definition) is 5. The number of sulfone groups is 1. The second-order valence-corrected chi connectivity index (χ2v) is 11.9. The third-order valence-corrected chi connectivity index (χ3v) is 9.07. The number of piperidine rings is 1. The Hall–Kier alpha value is -3.55. The first-order valence-corrected chi connectivity index (χ1v) is 14.1. The van der Waals surface area contributed by atoms with Crippen molar-refractivity contribution in [2.75, 3.05) is 19.7 Å². The predicted molar refractivity (Wildman–Crippen MR) is 144 cm³/mol. The summed E-state index contributed by atoms with van der Waals surface area (Å²) in [5, 5.41) is 10.9. The Labute approximate surface area is 217 Å². The van der Waals surface area contributed by atoms with E-state index in [-0.39, 0.29) is 28.6 Å². The summed E-state index contributed by atoms with van der Waals surface area (Å²) in [6.45, 7) is 1.26. The fourth-order valence-corrected chi connectivity index (χ4v) is 6.69. The van der Waals surface area contributed by atoms with Crippen LogP contribution in [0, 0.1) is 5.41 Å². The predicted octanol–water partition coefficient (Wildman–Crippen LogP) is 4.67. The Morgan fingerprint density at radius 3 is 2.27 bits per heavy atom. The molecule has 4 aromatic rings. The minimum atomic E-state index is -3.62. The zero-order valence-corrected chi connectivity index (χ0v) is 21.4. The lowest BCUT2D eigenvalue weighted by Gasteiger charge is -2.41. The van der Waals surface area contributed by atoms with E-state index in [2.05, 4.69) is 17.1 Å². The molecule has 1 saturated heterocycles. The van der Waals surface area contributed by atoms with Crippen molar-refractivity contribution in [3.8, 4) is 0 Å². The standard InChI is InChI=1S/C30H30N2O4S/c33-22-30(20-23-6-2-1-3-7-23)15-18-32(19-16-30)29(34)26-13-11-24(12-14-26)21-37(35,36)27-10-4-8-25-9-5-17-31-28(25)27/h1-14,17,33H,15-16,18-22H2. The normalized spacial score (nSPS) is 15.5. The maximum absolute atomic E-state index is 13.2. The second kappa shape index (κ2) is 10.4. The summed E-state index contributed by atoms with van der Waals surface area (Å²) in [6.07, 6.45) is 3.86. The van der Waals surface area contributed by atoms with Gasteiger partial charge in [0.15, 0.2) is 9.84 Å². The number of amides is 1. The summed E-state index contributed by atoms with van der Waals surface area (Å²) in [6, 6.07) is 25.7. The molecule has 0 aliphatic carbocycles. The van der Waals surface area contributed by atoms with E-state index >= 15 is 0 Å². The molecule has 37 heavy (non-hydrogen) atoms. The van der Waals surface area contributed by atoms with Gasteiger partial charge in [0.25, 0.3) is 5.91 Å². The van der Waals surface area contributed by atoms with E-state index in [1.54, 1.807) is 48.7 Å². The number of fused-ring (bicyclic) bond motifs is 1. The lowest BCUT2D eigenvalue weighted by Crippen LogP contribution is -2.45. The average Bonchev–Trinajstić information content (AvgIpc) is 2.93. The van der Waals surface area contributed by atoms with Crippen LogP contribution in [0.4, 0.5) is 0 Å². The summed E-state index contributed by atoms with van der Waals surface area (Å²) in [5.41, 5.74) is 2.60. The van der Waals surface area contributed by atoms with E-state index in [1.807, 2.05) is 35.2 Å². The minimum Gasteiger partial charge on any atom is -0.396 e. The zero-order chi connectivity index (χ0) is 25.9. The highest BCUT2D eigenvalue weighted by Crippen LogP contribution is 2.35. The van der Waals surface area contributed by atoms with E-state index in [0.717, 1.165) is 24.6 Å². The van der Waals surface area contributed by atoms with Gasteiger partial charge in [0.2, 0.25) is 0 Å². The van der Waals surface area contributed by atoms with Crippen LogP contribution in [0.15, 0.2) is 96.0 Å². The highest BCUT2D eigenvalue weighted by molar-refractivity contribution is 7.90. The number of aromatic nitrogens is 1. The van der Waals surface area contributed by atoms with Gasteiger partial charge in [0.05, 0.1) is 16.2 Å². The molecule has 0 saturated carbocycles. The number of aliphatic hydroxyl groups is 1. The maximum Gasteiger partial charge on any atom is 0.253 e. The molecule has 7 heteroatoms. The number of carbonyl (C=O) groups excluding carboxylic acids is 1. The van der Waals surface area contributed by atoms with Crippen LogP contribution in [0.3, 0.4) is 0 Å². The highest BCUT2D eigenvalue weighted by atomic mass is 32.2. The first-order valence-electron chi connectivity index (χ1n) is 12.5. The number of nitrogens with zero attached hydrogens (tertiary/aromatic N) is 2. The van der Waals surface area contributed by atoms with Crippen molar-refractivity contribution in [1.29, 1.82) is 0 Å². The van der Waals surface area contributed by atoms with Gasteiger partial charge in [-0.1, -0.05) is 60.7 Å².